The Morgan fingerprint density at radius 3 is 2.71 bits per heavy atom. The molecule has 2 aromatic rings. The maximum Gasteiger partial charge on any atom is 0.289 e. The van der Waals surface area contributed by atoms with Crippen LogP contribution in [0, 0.1) is 15.9 Å². The molecule has 10 heteroatoms. The van der Waals surface area contributed by atoms with Gasteiger partial charge < -0.3 is 10.1 Å². The van der Waals surface area contributed by atoms with Crippen LogP contribution in [0.5, 0.6) is 5.75 Å². The molecule has 0 radical (unpaired) electrons. The van der Waals surface area contributed by atoms with Crippen LogP contribution >= 0.6 is 0 Å². The van der Waals surface area contributed by atoms with Gasteiger partial charge in [0.25, 0.3) is 5.69 Å². The van der Waals surface area contributed by atoms with E-state index in [2.05, 4.69) is 10.0 Å². The van der Waals surface area contributed by atoms with Gasteiger partial charge in [0.15, 0.2) is 16.5 Å². The van der Waals surface area contributed by atoms with Crippen molar-refractivity contribution in [2.45, 2.75) is 23.3 Å². The Morgan fingerprint density at radius 1 is 1.29 bits per heavy atom. The quantitative estimate of drug-likeness (QED) is 0.559. The molecule has 0 bridgehead atoms. The molecule has 0 aliphatic carbocycles. The number of piperidine rings is 1. The van der Waals surface area contributed by atoms with Crippen molar-refractivity contribution in [3.8, 4) is 5.75 Å². The SMILES string of the molecule is COc1ccc([C@H]2CCNC[C@H]2NS(=O)(=O)c2ccccc2[N+](=O)[O-])cc1F. The van der Waals surface area contributed by atoms with Crippen LogP contribution in [0.2, 0.25) is 0 Å². The molecule has 28 heavy (non-hydrogen) atoms. The van der Waals surface area contributed by atoms with Crippen LogP contribution in [0.1, 0.15) is 17.9 Å². The monoisotopic (exact) mass is 409 g/mol. The van der Waals surface area contributed by atoms with Crippen molar-refractivity contribution in [3.05, 3.63) is 64.0 Å². The minimum absolute atomic E-state index is 0.106. The zero-order valence-corrected chi connectivity index (χ0v) is 15.9. The van der Waals surface area contributed by atoms with Crippen molar-refractivity contribution >= 4 is 15.7 Å². The van der Waals surface area contributed by atoms with E-state index in [-0.39, 0.29) is 11.7 Å². The van der Waals surface area contributed by atoms with Gasteiger partial charge in [0.05, 0.1) is 12.0 Å². The molecule has 0 spiro atoms. The molecule has 150 valence electrons. The number of rotatable bonds is 6. The minimum Gasteiger partial charge on any atom is -0.494 e. The molecular formula is C18H20FN3O5S. The topological polar surface area (TPSA) is 111 Å². The molecule has 2 aromatic carbocycles. The Labute approximate surface area is 161 Å². The summed E-state index contributed by atoms with van der Waals surface area (Å²) in [6.45, 7) is 0.959. The molecule has 1 aliphatic heterocycles. The molecule has 1 heterocycles. The predicted octanol–water partition coefficient (Wildman–Crippen LogP) is 2.17. The Kier molecular flexibility index (Phi) is 5.92. The second-order valence-electron chi connectivity index (χ2n) is 6.45. The number of hydrogen-bond donors (Lipinski definition) is 2. The van der Waals surface area contributed by atoms with E-state index in [1.54, 1.807) is 6.07 Å². The number of hydrogen-bond acceptors (Lipinski definition) is 6. The highest BCUT2D eigenvalue weighted by atomic mass is 32.2. The largest absolute Gasteiger partial charge is 0.494 e. The Balaban J connectivity index is 1.91. The summed E-state index contributed by atoms with van der Waals surface area (Å²) in [6, 6.07) is 9.11. The van der Waals surface area contributed by atoms with Crippen molar-refractivity contribution in [3.63, 3.8) is 0 Å². The van der Waals surface area contributed by atoms with E-state index in [0.717, 1.165) is 6.07 Å². The van der Waals surface area contributed by atoms with E-state index in [9.17, 15) is 22.9 Å². The number of ether oxygens (including phenoxy) is 1. The molecule has 2 N–H and O–H groups in total. The molecule has 1 fully saturated rings. The standard InChI is InChI=1S/C18H20FN3O5S/c1-27-17-7-6-12(10-14(17)19)13-8-9-20-11-15(13)21-28(25,26)18-5-3-2-4-16(18)22(23)24/h2-7,10,13,15,20-21H,8-9,11H2,1H3/t13-,15-/m1/s1. The van der Waals surface area contributed by atoms with Gasteiger partial charge in [-0.3, -0.25) is 10.1 Å². The molecule has 0 amide bonds. The number of nitro groups is 1. The molecule has 1 saturated heterocycles. The van der Waals surface area contributed by atoms with Gasteiger partial charge in [-0.1, -0.05) is 18.2 Å². The first-order chi connectivity index (χ1) is 13.3. The number of nitro benzene ring substituents is 1. The van der Waals surface area contributed by atoms with E-state index in [1.807, 2.05) is 0 Å². The third kappa shape index (κ3) is 4.13. The molecule has 3 rings (SSSR count). The third-order valence-corrected chi connectivity index (χ3v) is 6.28. The molecule has 0 unspecified atom stereocenters. The smallest absolute Gasteiger partial charge is 0.289 e. The number of sulfonamides is 1. The van der Waals surface area contributed by atoms with Crippen LogP contribution in [0.3, 0.4) is 0 Å². The lowest BCUT2D eigenvalue weighted by Crippen LogP contribution is -2.50. The van der Waals surface area contributed by atoms with Crippen LogP contribution < -0.4 is 14.8 Å². The normalized spacial score (nSPS) is 19.9. The molecular weight excluding hydrogens is 389 g/mol. The van der Waals surface area contributed by atoms with Crippen molar-refractivity contribution < 1.29 is 22.5 Å². The number of benzene rings is 2. The fourth-order valence-electron chi connectivity index (χ4n) is 3.39. The highest BCUT2D eigenvalue weighted by Gasteiger charge is 2.33. The lowest BCUT2D eigenvalue weighted by molar-refractivity contribution is -0.387. The van der Waals surface area contributed by atoms with Gasteiger partial charge in [0.2, 0.25) is 10.0 Å². The summed E-state index contributed by atoms with van der Waals surface area (Å²) >= 11 is 0. The highest BCUT2D eigenvalue weighted by Crippen LogP contribution is 2.31. The van der Waals surface area contributed by atoms with Crippen LogP contribution in [-0.2, 0) is 10.0 Å². The van der Waals surface area contributed by atoms with Gasteiger partial charge in [0, 0.05) is 24.6 Å². The first kappa shape index (κ1) is 20.2. The van der Waals surface area contributed by atoms with Gasteiger partial charge in [-0.05, 0) is 36.7 Å². The Bertz CT molecular complexity index is 983. The summed E-state index contributed by atoms with van der Waals surface area (Å²) in [6.07, 6.45) is 0.579. The lowest BCUT2D eigenvalue weighted by atomic mass is 9.86. The zero-order valence-electron chi connectivity index (χ0n) is 15.1. The fourth-order valence-corrected chi connectivity index (χ4v) is 4.84. The van der Waals surface area contributed by atoms with Crippen molar-refractivity contribution in [2.75, 3.05) is 20.2 Å². The van der Waals surface area contributed by atoms with E-state index in [4.69, 9.17) is 4.74 Å². The lowest BCUT2D eigenvalue weighted by Gasteiger charge is -2.33. The predicted molar refractivity (Wildman–Crippen MR) is 100 cm³/mol. The number of para-hydroxylation sites is 1. The number of nitrogens with one attached hydrogen (secondary N) is 2. The van der Waals surface area contributed by atoms with Crippen LogP contribution in [-0.4, -0.2) is 39.6 Å². The Morgan fingerprint density at radius 2 is 2.04 bits per heavy atom. The maximum atomic E-state index is 14.1. The van der Waals surface area contributed by atoms with Crippen LogP contribution in [0.25, 0.3) is 0 Å². The zero-order chi connectivity index (χ0) is 20.3. The van der Waals surface area contributed by atoms with Crippen molar-refractivity contribution in [1.82, 2.24) is 10.0 Å². The Hall–Kier alpha value is -2.56. The van der Waals surface area contributed by atoms with E-state index in [1.165, 1.54) is 37.4 Å². The highest BCUT2D eigenvalue weighted by molar-refractivity contribution is 7.89. The van der Waals surface area contributed by atoms with Crippen LogP contribution in [0.4, 0.5) is 10.1 Å². The average molecular weight is 409 g/mol. The van der Waals surface area contributed by atoms with Crippen molar-refractivity contribution in [2.24, 2.45) is 0 Å². The van der Waals surface area contributed by atoms with Gasteiger partial charge in [-0.25, -0.2) is 17.5 Å². The third-order valence-electron chi connectivity index (χ3n) is 4.74. The molecule has 8 nitrogen and oxygen atoms in total. The number of nitrogens with zero attached hydrogens (tertiary/aromatic N) is 1. The second kappa shape index (κ2) is 8.21. The molecule has 0 aromatic heterocycles. The molecule has 0 saturated carbocycles. The van der Waals surface area contributed by atoms with Crippen molar-refractivity contribution in [1.29, 1.82) is 0 Å². The summed E-state index contributed by atoms with van der Waals surface area (Å²) in [5.74, 6) is -0.715. The van der Waals surface area contributed by atoms with E-state index < -0.39 is 37.4 Å². The summed E-state index contributed by atoms with van der Waals surface area (Å²) in [5, 5.41) is 14.3. The summed E-state index contributed by atoms with van der Waals surface area (Å²) in [5.41, 5.74) is 0.140. The summed E-state index contributed by atoms with van der Waals surface area (Å²) < 4.78 is 47.3. The second-order valence-corrected chi connectivity index (χ2v) is 8.13. The summed E-state index contributed by atoms with van der Waals surface area (Å²) in [7, 11) is -2.78. The van der Waals surface area contributed by atoms with E-state index in [0.29, 0.717) is 25.1 Å². The number of methoxy groups -OCH3 is 1. The van der Waals surface area contributed by atoms with Gasteiger partial charge in [-0.15, -0.1) is 0 Å². The average Bonchev–Trinajstić information content (AvgIpc) is 2.68. The van der Waals surface area contributed by atoms with Gasteiger partial charge in [-0.2, -0.15) is 0 Å². The molecule has 2 atom stereocenters. The van der Waals surface area contributed by atoms with Gasteiger partial charge >= 0.3 is 0 Å². The molecule has 1 aliphatic rings. The fraction of sp³-hybridized carbons (Fsp3) is 0.333. The first-order valence-electron chi connectivity index (χ1n) is 8.63. The minimum atomic E-state index is -4.15. The summed E-state index contributed by atoms with van der Waals surface area (Å²) in [4.78, 5) is 10.1. The van der Waals surface area contributed by atoms with Crippen LogP contribution in [0.15, 0.2) is 47.4 Å². The van der Waals surface area contributed by atoms with Gasteiger partial charge in [0.1, 0.15) is 0 Å². The maximum absolute atomic E-state index is 14.1. The first-order valence-corrected chi connectivity index (χ1v) is 10.1. The number of halogens is 1. The van der Waals surface area contributed by atoms with E-state index >= 15 is 0 Å².